The number of para-hydroxylation sites is 1. The Balaban J connectivity index is 1.73. The van der Waals surface area contributed by atoms with Gasteiger partial charge in [0.2, 0.25) is 0 Å². The van der Waals surface area contributed by atoms with E-state index in [1.165, 1.54) is 37.1 Å². The molecular weight excluding hydrogens is 274 g/mol. The van der Waals surface area contributed by atoms with Crippen molar-refractivity contribution in [2.45, 2.75) is 25.3 Å². The summed E-state index contributed by atoms with van der Waals surface area (Å²) < 4.78 is 11.6. The van der Waals surface area contributed by atoms with Gasteiger partial charge in [0.15, 0.2) is 11.5 Å². The fourth-order valence-electron chi connectivity index (χ4n) is 3.71. The van der Waals surface area contributed by atoms with Gasteiger partial charge < -0.3 is 9.47 Å². The summed E-state index contributed by atoms with van der Waals surface area (Å²) in [4.78, 5) is 2.60. The molecule has 2 aliphatic heterocycles. The number of methoxy groups -OCH3 is 1. The van der Waals surface area contributed by atoms with Crippen molar-refractivity contribution < 1.29 is 9.47 Å². The number of hydrogen-bond donors (Lipinski definition) is 0. The van der Waals surface area contributed by atoms with Gasteiger partial charge in [0.25, 0.3) is 0 Å². The minimum atomic E-state index is 0.563. The highest BCUT2D eigenvalue weighted by molar-refractivity contribution is 5.51. The zero-order chi connectivity index (χ0) is 14.9. The van der Waals surface area contributed by atoms with E-state index in [-0.39, 0.29) is 0 Å². The molecule has 1 fully saturated rings. The van der Waals surface area contributed by atoms with E-state index in [9.17, 15) is 0 Å². The Morgan fingerprint density at radius 2 is 1.91 bits per heavy atom. The molecule has 0 aliphatic carbocycles. The van der Waals surface area contributed by atoms with Crippen LogP contribution in [0.1, 0.15) is 30.0 Å². The third-order valence-electron chi connectivity index (χ3n) is 4.79. The maximum Gasteiger partial charge on any atom is 0.169 e. The lowest BCUT2D eigenvalue weighted by Crippen LogP contribution is -2.30. The van der Waals surface area contributed by atoms with Crippen LogP contribution in [0.3, 0.4) is 0 Å². The molecule has 3 heteroatoms. The van der Waals surface area contributed by atoms with Gasteiger partial charge in [0.05, 0.1) is 7.11 Å². The van der Waals surface area contributed by atoms with Crippen LogP contribution in [0.4, 0.5) is 0 Å². The molecule has 114 valence electrons. The van der Waals surface area contributed by atoms with Crippen LogP contribution in [0.2, 0.25) is 0 Å². The van der Waals surface area contributed by atoms with E-state index >= 15 is 0 Å². The van der Waals surface area contributed by atoms with Crippen molar-refractivity contribution in [3.05, 3.63) is 53.6 Å². The Morgan fingerprint density at radius 1 is 1.05 bits per heavy atom. The van der Waals surface area contributed by atoms with Gasteiger partial charge in [0, 0.05) is 12.6 Å². The Morgan fingerprint density at radius 3 is 2.73 bits per heavy atom. The minimum absolute atomic E-state index is 0.563. The Kier molecular flexibility index (Phi) is 3.51. The van der Waals surface area contributed by atoms with E-state index < -0.39 is 0 Å². The van der Waals surface area contributed by atoms with Crippen LogP contribution < -0.4 is 9.47 Å². The highest BCUT2D eigenvalue weighted by Crippen LogP contribution is 2.43. The van der Waals surface area contributed by atoms with E-state index in [4.69, 9.17) is 9.47 Å². The molecule has 0 N–H and O–H groups in total. The molecule has 1 atom stereocenters. The van der Waals surface area contributed by atoms with E-state index in [0.717, 1.165) is 23.7 Å². The van der Waals surface area contributed by atoms with Crippen molar-refractivity contribution in [1.29, 1.82) is 0 Å². The summed E-state index contributed by atoms with van der Waals surface area (Å²) in [5, 5.41) is 0. The molecular formula is C19H21NO2. The molecule has 2 aromatic carbocycles. The van der Waals surface area contributed by atoms with Crippen LogP contribution in [0.15, 0.2) is 42.5 Å². The summed E-state index contributed by atoms with van der Waals surface area (Å²) in [7, 11) is 1.71. The predicted octanol–water partition coefficient (Wildman–Crippen LogP) is 4.18. The number of benzene rings is 2. The molecule has 1 unspecified atom stereocenters. The minimum Gasteiger partial charge on any atom is -0.493 e. The second kappa shape index (κ2) is 5.65. The van der Waals surface area contributed by atoms with Crippen LogP contribution in [0.25, 0.3) is 0 Å². The predicted molar refractivity (Wildman–Crippen MR) is 86.8 cm³/mol. The largest absolute Gasteiger partial charge is 0.493 e. The standard InChI is InChI=1S/C19H21NO2/c1-21-18-12-14-9-11-20-10-5-8-17(20)16(14)13-19(18)22-15-6-3-2-4-7-15/h2-4,6-7,12-13,17H,5,8-11H2,1H3. The van der Waals surface area contributed by atoms with Crippen LogP contribution in [0, 0.1) is 0 Å². The molecule has 0 aromatic heterocycles. The van der Waals surface area contributed by atoms with Crippen molar-refractivity contribution in [3.8, 4) is 17.2 Å². The number of ether oxygens (including phenoxy) is 2. The first kappa shape index (κ1) is 13.6. The van der Waals surface area contributed by atoms with Crippen LogP contribution in [-0.4, -0.2) is 25.1 Å². The summed E-state index contributed by atoms with van der Waals surface area (Å²) in [6.07, 6.45) is 3.66. The molecule has 1 saturated heterocycles. The van der Waals surface area contributed by atoms with Crippen LogP contribution >= 0.6 is 0 Å². The summed E-state index contributed by atoms with van der Waals surface area (Å²) >= 11 is 0. The first-order valence-corrected chi connectivity index (χ1v) is 8.03. The van der Waals surface area contributed by atoms with E-state index in [2.05, 4.69) is 17.0 Å². The van der Waals surface area contributed by atoms with Crippen LogP contribution in [0.5, 0.6) is 17.2 Å². The molecule has 2 aliphatic rings. The summed E-state index contributed by atoms with van der Waals surface area (Å²) in [6, 6.07) is 14.8. The van der Waals surface area contributed by atoms with Crippen LogP contribution in [-0.2, 0) is 6.42 Å². The van der Waals surface area contributed by atoms with Gasteiger partial charge in [0.1, 0.15) is 5.75 Å². The number of fused-ring (bicyclic) bond motifs is 3. The Bertz CT molecular complexity index is 669. The highest BCUT2D eigenvalue weighted by Gasteiger charge is 2.32. The number of nitrogens with zero attached hydrogens (tertiary/aromatic N) is 1. The highest BCUT2D eigenvalue weighted by atomic mass is 16.5. The molecule has 0 bridgehead atoms. The third kappa shape index (κ3) is 2.35. The van der Waals surface area contributed by atoms with Crippen molar-refractivity contribution in [1.82, 2.24) is 4.90 Å². The first-order valence-electron chi connectivity index (χ1n) is 8.03. The van der Waals surface area contributed by atoms with Gasteiger partial charge in [-0.05, 0) is 61.2 Å². The molecule has 22 heavy (non-hydrogen) atoms. The Labute approximate surface area is 131 Å². The molecule has 0 amide bonds. The number of hydrogen-bond acceptors (Lipinski definition) is 3. The average Bonchev–Trinajstić information content (AvgIpc) is 3.04. The summed E-state index contributed by atoms with van der Waals surface area (Å²) in [5.41, 5.74) is 2.84. The molecule has 3 nitrogen and oxygen atoms in total. The zero-order valence-corrected chi connectivity index (χ0v) is 12.9. The van der Waals surface area contributed by atoms with E-state index in [1.54, 1.807) is 7.11 Å². The van der Waals surface area contributed by atoms with Gasteiger partial charge >= 0.3 is 0 Å². The van der Waals surface area contributed by atoms with Gasteiger partial charge in [-0.3, -0.25) is 4.90 Å². The molecule has 0 spiro atoms. The van der Waals surface area contributed by atoms with Crippen molar-refractivity contribution >= 4 is 0 Å². The second-order valence-corrected chi connectivity index (χ2v) is 6.06. The topological polar surface area (TPSA) is 21.7 Å². The van der Waals surface area contributed by atoms with Crippen molar-refractivity contribution in [3.63, 3.8) is 0 Å². The normalized spacial score (nSPS) is 20.3. The smallest absolute Gasteiger partial charge is 0.169 e. The van der Waals surface area contributed by atoms with Gasteiger partial charge in [-0.2, -0.15) is 0 Å². The van der Waals surface area contributed by atoms with Gasteiger partial charge in [-0.1, -0.05) is 18.2 Å². The molecule has 4 rings (SSSR count). The average molecular weight is 295 g/mol. The fourth-order valence-corrected chi connectivity index (χ4v) is 3.71. The quantitative estimate of drug-likeness (QED) is 0.848. The second-order valence-electron chi connectivity index (χ2n) is 6.06. The fraction of sp³-hybridized carbons (Fsp3) is 0.368. The molecule has 0 saturated carbocycles. The van der Waals surface area contributed by atoms with E-state index in [0.29, 0.717) is 6.04 Å². The lowest BCUT2D eigenvalue weighted by molar-refractivity contribution is 0.242. The maximum atomic E-state index is 6.07. The number of rotatable bonds is 3. The maximum absolute atomic E-state index is 6.07. The lowest BCUT2D eigenvalue weighted by Gasteiger charge is -2.32. The zero-order valence-electron chi connectivity index (χ0n) is 12.9. The van der Waals surface area contributed by atoms with Crippen molar-refractivity contribution in [2.75, 3.05) is 20.2 Å². The SMILES string of the molecule is COc1cc2c(cc1Oc1ccccc1)C1CCCN1CC2. The van der Waals surface area contributed by atoms with Crippen molar-refractivity contribution in [2.24, 2.45) is 0 Å². The van der Waals surface area contributed by atoms with Gasteiger partial charge in [-0.25, -0.2) is 0 Å². The molecule has 2 aromatic rings. The first-order chi connectivity index (χ1) is 10.8. The lowest BCUT2D eigenvalue weighted by atomic mass is 9.92. The monoisotopic (exact) mass is 295 g/mol. The summed E-state index contributed by atoms with van der Waals surface area (Å²) in [6.45, 7) is 2.39. The molecule has 0 radical (unpaired) electrons. The molecule has 2 heterocycles. The summed E-state index contributed by atoms with van der Waals surface area (Å²) in [5.74, 6) is 2.50. The Hall–Kier alpha value is -2.00. The van der Waals surface area contributed by atoms with E-state index in [1.807, 2.05) is 30.3 Å². The third-order valence-corrected chi connectivity index (χ3v) is 4.79. The van der Waals surface area contributed by atoms with Gasteiger partial charge in [-0.15, -0.1) is 0 Å².